The number of hydrogen-bond acceptors (Lipinski definition) is 18. The van der Waals surface area contributed by atoms with E-state index in [1.54, 1.807) is 60.7 Å². The summed E-state index contributed by atoms with van der Waals surface area (Å²) >= 11 is 11.9. The van der Waals surface area contributed by atoms with Gasteiger partial charge in [0.15, 0.2) is 58.8 Å². The highest BCUT2D eigenvalue weighted by Gasteiger charge is 2.53. The molecule has 3 saturated heterocycles. The van der Waals surface area contributed by atoms with Crippen LogP contribution < -0.4 is 20.8 Å². The summed E-state index contributed by atoms with van der Waals surface area (Å²) in [6.07, 6.45) is -7.67. The van der Waals surface area contributed by atoms with Gasteiger partial charge in [-0.25, -0.2) is 48.9 Å². The van der Waals surface area contributed by atoms with E-state index in [1.807, 2.05) is 12.1 Å². The van der Waals surface area contributed by atoms with Gasteiger partial charge in [-0.1, -0.05) is 36.4 Å². The zero-order chi connectivity index (χ0) is 47.4. The largest absolute Gasteiger partial charge is 0.347 e. The molecule has 4 N–H and O–H groups in total. The predicted molar refractivity (Wildman–Crippen MR) is 244 cm³/mol. The Labute approximate surface area is 395 Å². The van der Waals surface area contributed by atoms with E-state index in [2.05, 4.69) is 50.7 Å². The molecule has 0 aliphatic carbocycles. The van der Waals surface area contributed by atoms with Crippen molar-refractivity contribution in [3.05, 3.63) is 97.1 Å². The van der Waals surface area contributed by atoms with Gasteiger partial charge in [0.05, 0.1) is 50.8 Å². The number of anilines is 2. The molecule has 0 radical (unpaired) electrons. The number of rotatable bonds is 12. The zero-order valence-corrected chi connectivity index (χ0v) is 38.6. The number of nitrogens with one attached hydrogen (secondary N) is 4. The number of alkyl halides is 2. The maximum absolute atomic E-state index is 17.2. The molecule has 10 atom stereocenters. The highest BCUT2D eigenvalue weighted by atomic mass is 32.5. The Morgan fingerprint density at radius 1 is 0.691 bits per heavy atom. The van der Waals surface area contributed by atoms with Crippen LogP contribution in [0.5, 0.6) is 0 Å². The van der Waals surface area contributed by atoms with Crippen LogP contribution in [0.3, 0.4) is 0 Å². The molecule has 0 saturated carbocycles. The van der Waals surface area contributed by atoms with Crippen molar-refractivity contribution in [2.24, 2.45) is 0 Å². The topological polar surface area (TPSA) is 272 Å². The number of benzene rings is 2. The van der Waals surface area contributed by atoms with Crippen molar-refractivity contribution in [1.29, 1.82) is 10.5 Å². The molecule has 22 nitrogen and oxygen atoms in total. The van der Waals surface area contributed by atoms with Gasteiger partial charge in [-0.2, -0.15) is 10.5 Å². The number of amides is 2. The molecule has 2 unspecified atom stereocenters. The second kappa shape index (κ2) is 20.5. The van der Waals surface area contributed by atoms with E-state index in [0.29, 0.717) is 11.1 Å². The van der Waals surface area contributed by atoms with Crippen LogP contribution in [0.2, 0.25) is 0 Å². The average Bonchev–Trinajstić information content (AvgIpc) is 4.12. The lowest BCUT2D eigenvalue weighted by atomic mass is 10.1. The van der Waals surface area contributed by atoms with E-state index >= 15 is 8.78 Å². The van der Waals surface area contributed by atoms with Crippen molar-refractivity contribution in [2.45, 2.75) is 62.1 Å². The van der Waals surface area contributed by atoms with Gasteiger partial charge < -0.3 is 38.2 Å². The standard InChI is InChI=1S/C40H38F2N14O8P2S2/c41-27-31-25(61-39(27)55-21-49-29-33(45-19-47-35(29)55)53-37(57)23-9-3-1-4-10-23)17-51-66(68,60-16-8-14-44)64-32-26(18-52-65(67,63-31)59-15-7-13-43)62-40(28(32)42)56-22-50-30-34(46-20-48-36(30)56)54-38(58)24-11-5-2-6-12-24/h1-6,9-12,19-22,25-28,31-32,39-40H,7-8,15-18H2,(H,51,68)(H,52,67)(H,45,47,53,57)(H,46,48,54,58)/t25-,26-,27-,28-,31-,32-,39-,40-,65?,66?/m1/s1. The van der Waals surface area contributed by atoms with E-state index in [4.69, 9.17) is 51.2 Å². The number of hydrogen-bond donors (Lipinski definition) is 4. The summed E-state index contributed by atoms with van der Waals surface area (Å²) in [5.41, 5.74) is 1.21. The number of imidazole rings is 2. The molecule has 2 amide bonds. The first-order valence-electron chi connectivity index (χ1n) is 20.7. The second-order valence-electron chi connectivity index (χ2n) is 15.1. The van der Waals surface area contributed by atoms with E-state index < -0.39 is 74.3 Å². The lowest BCUT2D eigenvalue weighted by molar-refractivity contribution is -0.0231. The summed E-state index contributed by atoms with van der Waals surface area (Å²) in [5.74, 6) is -0.801. The minimum atomic E-state index is -3.83. The number of nitrogens with zero attached hydrogens (tertiary/aromatic N) is 10. The quantitative estimate of drug-likeness (QED) is 0.0936. The van der Waals surface area contributed by atoms with Gasteiger partial charge >= 0.3 is 0 Å². The number of nitriles is 2. The summed E-state index contributed by atoms with van der Waals surface area (Å²) in [6.45, 7) is -8.73. The lowest BCUT2D eigenvalue weighted by Gasteiger charge is -2.34. The number of halogens is 2. The third-order valence-electron chi connectivity index (χ3n) is 10.8. The minimum Gasteiger partial charge on any atom is -0.347 e. The monoisotopic (exact) mass is 1010 g/mol. The van der Waals surface area contributed by atoms with E-state index in [0.717, 1.165) is 0 Å². The second-order valence-corrected chi connectivity index (χ2v) is 21.5. The Morgan fingerprint density at radius 2 is 1.10 bits per heavy atom. The van der Waals surface area contributed by atoms with Crippen LogP contribution in [0.4, 0.5) is 20.4 Å². The van der Waals surface area contributed by atoms with Gasteiger partial charge in [-0.05, 0) is 47.9 Å². The molecule has 9 rings (SSSR count). The van der Waals surface area contributed by atoms with Crippen molar-refractivity contribution in [3.63, 3.8) is 0 Å². The molecule has 7 heterocycles. The molecule has 28 heteroatoms. The molecular weight excluding hydrogens is 969 g/mol. The van der Waals surface area contributed by atoms with Gasteiger partial charge in [-0.15, -0.1) is 0 Å². The average molecular weight is 1010 g/mol. The van der Waals surface area contributed by atoms with Crippen molar-refractivity contribution in [1.82, 2.24) is 49.2 Å². The lowest BCUT2D eigenvalue weighted by Crippen LogP contribution is -2.43. The summed E-state index contributed by atoms with van der Waals surface area (Å²) in [7, 11) is 0. The normalized spacial score (nSPS) is 28.4. The van der Waals surface area contributed by atoms with Crippen LogP contribution in [0, 0.1) is 22.7 Å². The van der Waals surface area contributed by atoms with Crippen LogP contribution in [-0.2, 0) is 51.2 Å². The van der Waals surface area contributed by atoms with Gasteiger partial charge in [0.25, 0.3) is 25.1 Å². The molecular formula is C40H38F2N14O8P2S2. The third-order valence-corrected chi connectivity index (χ3v) is 15.9. The smallest absolute Gasteiger partial charge is 0.261 e. The fraction of sp³-hybridized carbons (Fsp3) is 0.350. The van der Waals surface area contributed by atoms with Crippen LogP contribution in [-0.4, -0.2) is 114 Å². The maximum Gasteiger partial charge on any atom is 0.261 e. The maximum atomic E-state index is 17.2. The number of aromatic nitrogens is 8. The van der Waals surface area contributed by atoms with Gasteiger partial charge in [0.1, 0.15) is 37.1 Å². The van der Waals surface area contributed by atoms with Crippen molar-refractivity contribution >= 4 is 82.7 Å². The molecule has 3 fully saturated rings. The molecule has 2 aromatic carbocycles. The first kappa shape index (κ1) is 47.4. The zero-order valence-electron chi connectivity index (χ0n) is 35.1. The van der Waals surface area contributed by atoms with Gasteiger partial charge in [0, 0.05) is 24.2 Å². The van der Waals surface area contributed by atoms with Gasteiger partial charge in [0.2, 0.25) is 0 Å². The molecule has 68 heavy (non-hydrogen) atoms. The Kier molecular flexibility index (Phi) is 14.3. The fourth-order valence-corrected chi connectivity index (χ4v) is 12.1. The van der Waals surface area contributed by atoms with Crippen LogP contribution in [0.15, 0.2) is 86.0 Å². The summed E-state index contributed by atoms with van der Waals surface area (Å²) < 4.78 is 74.5. The van der Waals surface area contributed by atoms with Gasteiger partial charge in [-0.3, -0.25) is 18.7 Å². The van der Waals surface area contributed by atoms with Crippen LogP contribution in [0.25, 0.3) is 22.3 Å². The number of carbonyl (C=O) groups excluding carboxylic acids is 2. The molecule has 3 aliphatic rings. The first-order valence-corrected chi connectivity index (χ1v) is 26.0. The van der Waals surface area contributed by atoms with E-state index in [9.17, 15) is 20.1 Å². The predicted octanol–water partition coefficient (Wildman–Crippen LogP) is 4.91. The number of fused-ring (bicyclic) bond motifs is 4. The Morgan fingerprint density at radius 3 is 1.50 bits per heavy atom. The Hall–Kier alpha value is -5.70. The molecule has 6 aromatic rings. The number of ether oxygens (including phenoxy) is 2. The Bertz CT molecular complexity index is 2810. The molecule has 0 spiro atoms. The van der Waals surface area contributed by atoms with Crippen molar-refractivity contribution in [3.8, 4) is 12.1 Å². The van der Waals surface area contributed by atoms with E-state index in [-0.39, 0.29) is 73.1 Å². The summed E-state index contributed by atoms with van der Waals surface area (Å²) in [5, 5.41) is 30.2. The van der Waals surface area contributed by atoms with Crippen LogP contribution >= 0.6 is 13.3 Å². The Balaban J connectivity index is 1.01. The summed E-state index contributed by atoms with van der Waals surface area (Å²) in [4.78, 5) is 51.9. The minimum absolute atomic E-state index is 0.0612. The highest BCUT2D eigenvalue weighted by Crippen LogP contribution is 2.54. The van der Waals surface area contributed by atoms with Crippen molar-refractivity contribution < 1.29 is 45.9 Å². The molecule has 3 aliphatic heterocycles. The number of carbonyl (C=O) groups is 2. The molecule has 4 aromatic heterocycles. The summed E-state index contributed by atoms with van der Waals surface area (Å²) in [6, 6.07) is 20.8. The highest BCUT2D eigenvalue weighted by molar-refractivity contribution is 8.09. The molecule has 352 valence electrons. The molecule has 0 bridgehead atoms. The fourth-order valence-electron chi connectivity index (χ4n) is 7.59. The van der Waals surface area contributed by atoms with Crippen LogP contribution in [0.1, 0.15) is 46.0 Å². The first-order chi connectivity index (χ1) is 33.0. The third kappa shape index (κ3) is 9.91. The SMILES string of the molecule is N#CCCOP1(=S)NC[C@H]2O[C@@H](n3cnc4c(NC(=O)c5ccccc5)ncnc43)[C@H](F)[C@@H]2OP(=S)(OCCC#N)NC[C@H]2O[C@@H](n3cnc4c(NC(=O)c5ccccc5)ncnc43)[C@H](F)[C@@H]2O1. The van der Waals surface area contributed by atoms with E-state index in [1.165, 1.54) is 34.4 Å². The van der Waals surface area contributed by atoms with Crippen molar-refractivity contribution in [2.75, 3.05) is 36.9 Å².